The van der Waals surface area contributed by atoms with Gasteiger partial charge in [-0.2, -0.15) is 0 Å². The lowest BCUT2D eigenvalue weighted by Gasteiger charge is -1.96. The van der Waals surface area contributed by atoms with Gasteiger partial charge < -0.3 is 0 Å². The molecule has 45 valence electrons. The fourth-order valence-electron chi connectivity index (χ4n) is 0.979. The van der Waals surface area contributed by atoms with Gasteiger partial charge in [0.25, 0.3) is 0 Å². The highest BCUT2D eigenvalue weighted by molar-refractivity contribution is 5.86. The molecule has 0 spiro atoms. The third-order valence-electron chi connectivity index (χ3n) is 1.44. The van der Waals surface area contributed by atoms with Gasteiger partial charge in [0.15, 0.2) is 5.78 Å². The molecule has 0 N–H and O–H groups in total. The van der Waals surface area contributed by atoms with Crippen LogP contribution in [0.3, 0.4) is 0 Å². The van der Waals surface area contributed by atoms with Crippen molar-refractivity contribution in [3.63, 3.8) is 0 Å². The van der Waals surface area contributed by atoms with Crippen LogP contribution in [0.2, 0.25) is 0 Å². The van der Waals surface area contributed by atoms with Crippen molar-refractivity contribution < 1.29 is 4.79 Å². The van der Waals surface area contributed by atoms with E-state index in [1.807, 2.05) is 13.8 Å². The van der Waals surface area contributed by atoms with E-state index in [0.717, 1.165) is 0 Å². The standard InChI is InChI=1S/C6H10NO/c1-4-3-6(8)5(2)7-4/h4-5H,3H2,1-2H3. The predicted molar refractivity (Wildman–Crippen MR) is 30.7 cm³/mol. The fourth-order valence-corrected chi connectivity index (χ4v) is 0.979. The number of hydrogen-bond acceptors (Lipinski definition) is 1. The minimum absolute atomic E-state index is 0.0231. The molecule has 0 aromatic rings. The van der Waals surface area contributed by atoms with Crippen molar-refractivity contribution in [3.05, 3.63) is 0 Å². The highest BCUT2D eigenvalue weighted by atomic mass is 16.1. The lowest BCUT2D eigenvalue weighted by molar-refractivity contribution is -0.118. The zero-order valence-electron chi connectivity index (χ0n) is 5.22. The van der Waals surface area contributed by atoms with Crippen molar-refractivity contribution in [3.8, 4) is 0 Å². The molecule has 2 heteroatoms. The maximum atomic E-state index is 10.7. The maximum absolute atomic E-state index is 10.7. The number of carbonyl (C=O) groups is 1. The largest absolute Gasteiger partial charge is 0.298 e. The first-order chi connectivity index (χ1) is 3.70. The molecule has 2 nitrogen and oxygen atoms in total. The molecule has 1 fully saturated rings. The second kappa shape index (κ2) is 1.86. The van der Waals surface area contributed by atoms with Gasteiger partial charge >= 0.3 is 0 Å². The normalized spacial score (nSPS) is 38.5. The second-order valence-corrected chi connectivity index (χ2v) is 2.34. The van der Waals surface area contributed by atoms with Crippen molar-refractivity contribution in [1.82, 2.24) is 5.32 Å². The van der Waals surface area contributed by atoms with Gasteiger partial charge in [-0.15, -0.1) is 0 Å². The Kier molecular flexibility index (Phi) is 1.34. The van der Waals surface area contributed by atoms with Gasteiger partial charge in [-0.05, 0) is 13.8 Å². The summed E-state index contributed by atoms with van der Waals surface area (Å²) in [5.74, 6) is 0.289. The predicted octanol–water partition coefficient (Wildman–Crippen LogP) is 0.341. The Morgan fingerprint density at radius 3 is 2.38 bits per heavy atom. The summed E-state index contributed by atoms with van der Waals surface area (Å²) in [7, 11) is 0. The lowest BCUT2D eigenvalue weighted by atomic mass is 10.2. The van der Waals surface area contributed by atoms with Crippen LogP contribution in [-0.2, 0) is 4.79 Å². The van der Waals surface area contributed by atoms with Crippen LogP contribution in [0, 0.1) is 0 Å². The molecule has 0 aliphatic carbocycles. The van der Waals surface area contributed by atoms with Crippen molar-refractivity contribution >= 4 is 5.78 Å². The van der Waals surface area contributed by atoms with Crippen LogP contribution in [0.25, 0.3) is 0 Å². The van der Waals surface area contributed by atoms with Crippen LogP contribution >= 0.6 is 0 Å². The average molecular weight is 112 g/mol. The maximum Gasteiger partial charge on any atom is 0.152 e. The number of hydrogen-bond donors (Lipinski definition) is 0. The summed E-state index contributed by atoms with van der Waals surface area (Å²) < 4.78 is 0. The first-order valence-electron chi connectivity index (χ1n) is 2.93. The molecular formula is C6H10NO. The van der Waals surface area contributed by atoms with E-state index in [9.17, 15) is 4.79 Å². The summed E-state index contributed by atoms with van der Waals surface area (Å²) >= 11 is 0. The molecule has 0 aromatic carbocycles. The van der Waals surface area contributed by atoms with Crippen molar-refractivity contribution in [2.45, 2.75) is 32.4 Å². The Morgan fingerprint density at radius 2 is 2.25 bits per heavy atom. The van der Waals surface area contributed by atoms with E-state index in [1.165, 1.54) is 0 Å². The molecule has 0 saturated carbocycles. The minimum Gasteiger partial charge on any atom is -0.298 e. The average Bonchev–Trinajstić information content (AvgIpc) is 1.85. The molecule has 1 aliphatic heterocycles. The SMILES string of the molecule is CC1CC(=O)C(C)[N]1. The van der Waals surface area contributed by atoms with E-state index in [-0.39, 0.29) is 17.9 Å². The van der Waals surface area contributed by atoms with Gasteiger partial charge in [0.1, 0.15) is 0 Å². The highest BCUT2D eigenvalue weighted by Gasteiger charge is 2.25. The van der Waals surface area contributed by atoms with E-state index in [4.69, 9.17) is 0 Å². The first kappa shape index (κ1) is 5.76. The van der Waals surface area contributed by atoms with Crippen molar-refractivity contribution in [2.75, 3.05) is 0 Å². The van der Waals surface area contributed by atoms with E-state index < -0.39 is 0 Å². The van der Waals surface area contributed by atoms with Crippen LogP contribution in [0.4, 0.5) is 0 Å². The Balaban J connectivity index is 2.51. The molecule has 2 atom stereocenters. The Bertz CT molecular complexity index is 111. The lowest BCUT2D eigenvalue weighted by Crippen LogP contribution is -2.18. The summed E-state index contributed by atoms with van der Waals surface area (Å²) in [6.07, 6.45) is 0.654. The molecule has 1 saturated heterocycles. The smallest absolute Gasteiger partial charge is 0.152 e. The van der Waals surface area contributed by atoms with Gasteiger partial charge in [0.2, 0.25) is 0 Å². The van der Waals surface area contributed by atoms with E-state index in [0.29, 0.717) is 6.42 Å². The van der Waals surface area contributed by atoms with Crippen LogP contribution in [0.5, 0.6) is 0 Å². The topological polar surface area (TPSA) is 31.2 Å². The fraction of sp³-hybridized carbons (Fsp3) is 0.833. The zero-order valence-corrected chi connectivity index (χ0v) is 5.22. The van der Waals surface area contributed by atoms with Crippen molar-refractivity contribution in [2.24, 2.45) is 0 Å². The monoisotopic (exact) mass is 112 g/mol. The summed E-state index contributed by atoms with van der Waals surface area (Å²) in [5, 5.41) is 4.12. The van der Waals surface area contributed by atoms with Gasteiger partial charge in [-0.1, -0.05) is 0 Å². The quantitative estimate of drug-likeness (QED) is 0.444. The molecule has 8 heavy (non-hydrogen) atoms. The highest BCUT2D eigenvalue weighted by Crippen LogP contribution is 2.08. The first-order valence-corrected chi connectivity index (χ1v) is 2.93. The molecular weight excluding hydrogens is 102 g/mol. The molecule has 0 aromatic heterocycles. The molecule has 1 heterocycles. The molecule has 0 bridgehead atoms. The summed E-state index contributed by atoms with van der Waals surface area (Å²) in [5.41, 5.74) is 0. The molecule has 1 radical (unpaired) electrons. The van der Waals surface area contributed by atoms with Crippen LogP contribution in [0.1, 0.15) is 20.3 Å². The van der Waals surface area contributed by atoms with Crippen molar-refractivity contribution in [1.29, 1.82) is 0 Å². The van der Waals surface area contributed by atoms with Gasteiger partial charge in [-0.3, -0.25) is 4.79 Å². The molecule has 2 unspecified atom stereocenters. The van der Waals surface area contributed by atoms with Crippen LogP contribution in [0.15, 0.2) is 0 Å². The molecule has 0 amide bonds. The van der Waals surface area contributed by atoms with Crippen LogP contribution < -0.4 is 5.32 Å². The summed E-state index contributed by atoms with van der Waals surface area (Å²) in [6.45, 7) is 3.83. The summed E-state index contributed by atoms with van der Waals surface area (Å²) in [6, 6.07) is 0.252. The van der Waals surface area contributed by atoms with E-state index in [2.05, 4.69) is 5.32 Å². The third-order valence-corrected chi connectivity index (χ3v) is 1.44. The number of ketones is 1. The molecule has 1 rings (SSSR count). The van der Waals surface area contributed by atoms with Gasteiger partial charge in [0.05, 0.1) is 6.04 Å². The van der Waals surface area contributed by atoms with Gasteiger partial charge in [-0.25, -0.2) is 5.32 Å². The third kappa shape index (κ3) is 0.892. The van der Waals surface area contributed by atoms with E-state index in [1.54, 1.807) is 0 Å². The number of carbonyl (C=O) groups excluding carboxylic acids is 1. The Labute approximate surface area is 49.3 Å². The summed E-state index contributed by atoms with van der Waals surface area (Å²) in [4.78, 5) is 10.7. The Hall–Kier alpha value is -0.370. The number of Topliss-reactive ketones (excluding diaryl/α,β-unsaturated/α-hetero) is 1. The zero-order chi connectivity index (χ0) is 6.15. The second-order valence-electron chi connectivity index (χ2n) is 2.34. The molecule has 1 aliphatic rings. The van der Waals surface area contributed by atoms with Crippen LogP contribution in [-0.4, -0.2) is 17.9 Å². The van der Waals surface area contributed by atoms with E-state index >= 15 is 0 Å². The minimum atomic E-state index is -0.0231. The Morgan fingerprint density at radius 1 is 1.62 bits per heavy atom. The number of nitrogens with zero attached hydrogens (tertiary/aromatic N) is 1. The number of rotatable bonds is 0. The van der Waals surface area contributed by atoms with Gasteiger partial charge in [0, 0.05) is 12.5 Å².